The van der Waals surface area contributed by atoms with Crippen LogP contribution in [0.25, 0.3) is 0 Å². The molecule has 2 saturated heterocycles. The van der Waals surface area contributed by atoms with Gasteiger partial charge in [-0.05, 0) is 0 Å². The number of rotatable bonds is 1. The third-order valence-electron chi connectivity index (χ3n) is 1.74. The molecule has 0 amide bonds. The Morgan fingerprint density at radius 2 is 1.90 bits per heavy atom. The normalized spacial score (nSPS) is 45.9. The van der Waals surface area contributed by atoms with E-state index in [-0.39, 0.29) is 11.9 Å². The molecule has 2 rings (SSSR count). The van der Waals surface area contributed by atoms with E-state index in [0.29, 0.717) is 19.1 Å². The van der Waals surface area contributed by atoms with Crippen molar-refractivity contribution in [3.63, 3.8) is 0 Å². The van der Waals surface area contributed by atoms with Gasteiger partial charge in [0, 0.05) is 0 Å². The van der Waals surface area contributed by atoms with Gasteiger partial charge in [-0.3, -0.25) is 0 Å². The quantitative estimate of drug-likeness (QED) is 0.415. The molecule has 0 aromatic carbocycles. The molecule has 4 heteroatoms. The van der Waals surface area contributed by atoms with Gasteiger partial charge in [-0.1, -0.05) is 0 Å². The van der Waals surface area contributed by atoms with Crippen LogP contribution in [0.5, 0.6) is 0 Å². The highest BCUT2D eigenvalue weighted by Gasteiger charge is 2.49. The van der Waals surface area contributed by atoms with Gasteiger partial charge in [0.15, 0.2) is 6.29 Å². The summed E-state index contributed by atoms with van der Waals surface area (Å²) in [6.45, 7) is 2.02. The number of hydrogen-bond donors (Lipinski definition) is 0. The molecule has 0 bridgehead atoms. The topological polar surface area (TPSA) is 31.0 Å². The average Bonchev–Trinajstić information content (AvgIpc) is 2.72. The van der Waals surface area contributed by atoms with Crippen molar-refractivity contribution in [1.29, 1.82) is 0 Å². The maximum Gasteiger partial charge on any atom is 0.171 e. The number of halogens is 1. The molecule has 0 aromatic rings. The molecular formula is C6H9ClO3. The summed E-state index contributed by atoms with van der Waals surface area (Å²) in [7, 11) is 0. The molecule has 58 valence electrons. The third kappa shape index (κ3) is 1.14. The molecular weight excluding hydrogens is 156 g/mol. The predicted octanol–water partition coefficient (Wildman–Crippen LogP) is 0.367. The number of epoxide rings is 1. The first-order valence-corrected chi connectivity index (χ1v) is 3.81. The van der Waals surface area contributed by atoms with Crippen molar-refractivity contribution in [2.45, 2.75) is 11.9 Å². The van der Waals surface area contributed by atoms with Crippen LogP contribution in [0, 0.1) is 0 Å². The van der Waals surface area contributed by atoms with Crippen LogP contribution in [-0.4, -0.2) is 37.6 Å². The molecule has 0 aromatic heterocycles. The molecule has 1 spiro atoms. The lowest BCUT2D eigenvalue weighted by molar-refractivity contribution is -0.193. The van der Waals surface area contributed by atoms with Gasteiger partial charge in [-0.2, -0.15) is 0 Å². The molecule has 0 aliphatic carbocycles. The molecule has 3 nitrogen and oxygen atoms in total. The van der Waals surface area contributed by atoms with Crippen molar-refractivity contribution in [2.24, 2.45) is 0 Å². The fourth-order valence-electron chi connectivity index (χ4n) is 0.937. The second-order valence-corrected chi connectivity index (χ2v) is 2.99. The highest BCUT2D eigenvalue weighted by molar-refractivity contribution is 6.18. The molecule has 0 saturated carbocycles. The molecule has 0 unspecified atom stereocenters. The zero-order valence-corrected chi connectivity index (χ0v) is 6.26. The summed E-state index contributed by atoms with van der Waals surface area (Å²) in [5.74, 6) is 0.399. The van der Waals surface area contributed by atoms with E-state index in [1.165, 1.54) is 0 Å². The number of hydrogen-bond acceptors (Lipinski definition) is 3. The number of ether oxygens (including phenoxy) is 3. The summed E-state index contributed by atoms with van der Waals surface area (Å²) < 4.78 is 15.6. The molecule has 0 radical (unpaired) electrons. The van der Waals surface area contributed by atoms with Crippen LogP contribution in [0.2, 0.25) is 0 Å². The third-order valence-corrected chi connectivity index (χ3v) is 2.00. The van der Waals surface area contributed by atoms with Crippen LogP contribution in [-0.2, 0) is 14.2 Å². The summed E-state index contributed by atoms with van der Waals surface area (Å²) in [4.78, 5) is 0. The maximum absolute atomic E-state index is 5.50. The molecule has 2 aliphatic rings. The first kappa shape index (κ1) is 6.85. The Labute approximate surface area is 64.2 Å². The fourth-order valence-corrected chi connectivity index (χ4v) is 1.12. The van der Waals surface area contributed by atoms with Crippen LogP contribution in [0.4, 0.5) is 0 Å². The van der Waals surface area contributed by atoms with Gasteiger partial charge in [-0.15, -0.1) is 11.6 Å². The van der Waals surface area contributed by atoms with Crippen molar-refractivity contribution in [1.82, 2.24) is 0 Å². The second-order valence-electron chi connectivity index (χ2n) is 2.68. The van der Waals surface area contributed by atoms with Gasteiger partial charge < -0.3 is 14.2 Å². The summed E-state index contributed by atoms with van der Waals surface area (Å²) in [5, 5.41) is 0. The van der Waals surface area contributed by atoms with E-state index in [0.717, 1.165) is 6.61 Å². The summed E-state index contributed by atoms with van der Waals surface area (Å²) >= 11 is 5.50. The Balaban J connectivity index is 1.84. The molecule has 2 fully saturated rings. The number of alkyl halides is 1. The van der Waals surface area contributed by atoms with E-state index >= 15 is 0 Å². The van der Waals surface area contributed by atoms with Crippen molar-refractivity contribution in [3.05, 3.63) is 0 Å². The second kappa shape index (κ2) is 2.34. The molecule has 0 N–H and O–H groups in total. The van der Waals surface area contributed by atoms with Gasteiger partial charge in [0.25, 0.3) is 0 Å². The SMILES string of the molecule is ClCC1OCC2(CO1)CO2. The summed E-state index contributed by atoms with van der Waals surface area (Å²) in [6, 6.07) is 0. The molecule has 10 heavy (non-hydrogen) atoms. The smallest absolute Gasteiger partial charge is 0.171 e. The van der Waals surface area contributed by atoms with E-state index in [4.69, 9.17) is 25.8 Å². The van der Waals surface area contributed by atoms with E-state index in [1.807, 2.05) is 0 Å². The van der Waals surface area contributed by atoms with E-state index in [9.17, 15) is 0 Å². The minimum absolute atomic E-state index is 0.0947. The van der Waals surface area contributed by atoms with Gasteiger partial charge >= 0.3 is 0 Å². The lowest BCUT2D eigenvalue weighted by Gasteiger charge is -2.25. The highest BCUT2D eigenvalue weighted by atomic mass is 35.5. The Bertz CT molecular complexity index is 125. The van der Waals surface area contributed by atoms with Gasteiger partial charge in [0.1, 0.15) is 5.60 Å². The first-order valence-electron chi connectivity index (χ1n) is 3.28. The van der Waals surface area contributed by atoms with Crippen LogP contribution in [0.15, 0.2) is 0 Å². The summed E-state index contributed by atoms with van der Waals surface area (Å²) in [6.07, 6.45) is -0.225. The highest BCUT2D eigenvalue weighted by Crippen LogP contribution is 2.31. The lowest BCUT2D eigenvalue weighted by atomic mass is 10.2. The largest absolute Gasteiger partial charge is 0.365 e. The molecule has 0 atom stereocenters. The lowest BCUT2D eigenvalue weighted by Crippen LogP contribution is -2.39. The Hall–Kier alpha value is 0.170. The Morgan fingerprint density at radius 1 is 1.30 bits per heavy atom. The minimum Gasteiger partial charge on any atom is -0.365 e. The van der Waals surface area contributed by atoms with Crippen molar-refractivity contribution in [3.8, 4) is 0 Å². The van der Waals surface area contributed by atoms with Crippen molar-refractivity contribution in [2.75, 3.05) is 25.7 Å². The molecule has 2 heterocycles. The molecule has 2 aliphatic heterocycles. The van der Waals surface area contributed by atoms with Crippen molar-refractivity contribution >= 4 is 11.6 Å². The monoisotopic (exact) mass is 164 g/mol. The zero-order chi connectivity index (χ0) is 7.03. The van der Waals surface area contributed by atoms with E-state index < -0.39 is 0 Å². The summed E-state index contributed by atoms with van der Waals surface area (Å²) in [5.41, 5.74) is -0.0947. The van der Waals surface area contributed by atoms with Gasteiger partial charge in [-0.25, -0.2) is 0 Å². The van der Waals surface area contributed by atoms with Crippen LogP contribution < -0.4 is 0 Å². The Morgan fingerprint density at radius 3 is 2.30 bits per heavy atom. The van der Waals surface area contributed by atoms with Gasteiger partial charge in [0.2, 0.25) is 0 Å². The zero-order valence-electron chi connectivity index (χ0n) is 5.51. The standard InChI is InChI=1S/C6H9ClO3/c7-1-5-8-2-6(3-9-5)4-10-6/h5H,1-4H2. The van der Waals surface area contributed by atoms with E-state index in [2.05, 4.69) is 0 Å². The van der Waals surface area contributed by atoms with Crippen LogP contribution >= 0.6 is 11.6 Å². The minimum atomic E-state index is -0.225. The average molecular weight is 165 g/mol. The first-order chi connectivity index (χ1) is 4.85. The van der Waals surface area contributed by atoms with E-state index in [1.54, 1.807) is 0 Å². The Kier molecular flexibility index (Phi) is 1.60. The maximum atomic E-state index is 5.50. The fraction of sp³-hybridized carbons (Fsp3) is 1.00. The predicted molar refractivity (Wildman–Crippen MR) is 35.1 cm³/mol. The van der Waals surface area contributed by atoms with Gasteiger partial charge in [0.05, 0.1) is 25.7 Å². The van der Waals surface area contributed by atoms with Crippen LogP contribution in [0.3, 0.4) is 0 Å². The van der Waals surface area contributed by atoms with Crippen LogP contribution in [0.1, 0.15) is 0 Å². The van der Waals surface area contributed by atoms with Crippen molar-refractivity contribution < 1.29 is 14.2 Å².